The SMILES string of the molecule is CCCCCCCCC[N+](CCC)(CCC)CCC.[OH-]. The third-order valence-corrected chi connectivity index (χ3v) is 4.33. The van der Waals surface area contributed by atoms with Crippen molar-refractivity contribution in [2.24, 2.45) is 0 Å². The summed E-state index contributed by atoms with van der Waals surface area (Å²) in [6.45, 7) is 15.0. The summed E-state index contributed by atoms with van der Waals surface area (Å²) >= 11 is 0. The molecule has 0 fully saturated rings. The second kappa shape index (κ2) is 15.3. The van der Waals surface area contributed by atoms with Crippen LogP contribution in [0.5, 0.6) is 0 Å². The van der Waals surface area contributed by atoms with E-state index in [1.54, 1.807) is 0 Å². The Morgan fingerprint density at radius 1 is 0.450 bits per heavy atom. The molecule has 0 aromatic rings. The first-order chi connectivity index (χ1) is 9.24. The summed E-state index contributed by atoms with van der Waals surface area (Å²) in [4.78, 5) is 0. The van der Waals surface area contributed by atoms with E-state index >= 15 is 0 Å². The Kier molecular flexibility index (Phi) is 17.0. The largest absolute Gasteiger partial charge is 0.870 e. The maximum absolute atomic E-state index is 2.35. The van der Waals surface area contributed by atoms with Crippen LogP contribution in [0.15, 0.2) is 0 Å². The normalized spacial score (nSPS) is 11.4. The predicted molar refractivity (Wildman–Crippen MR) is 90.5 cm³/mol. The van der Waals surface area contributed by atoms with Crippen molar-refractivity contribution in [3.63, 3.8) is 0 Å². The smallest absolute Gasteiger partial charge is 0.0786 e. The Labute approximate surface area is 128 Å². The fraction of sp³-hybridized carbons (Fsp3) is 1.00. The van der Waals surface area contributed by atoms with Gasteiger partial charge in [-0.25, -0.2) is 0 Å². The number of quaternary nitrogens is 1. The van der Waals surface area contributed by atoms with E-state index in [1.165, 1.54) is 94.9 Å². The third kappa shape index (κ3) is 10.7. The first kappa shape index (κ1) is 22.2. The van der Waals surface area contributed by atoms with Crippen molar-refractivity contribution in [2.75, 3.05) is 26.2 Å². The van der Waals surface area contributed by atoms with Gasteiger partial charge in [-0.05, 0) is 32.1 Å². The van der Waals surface area contributed by atoms with Crippen LogP contribution in [-0.4, -0.2) is 36.1 Å². The van der Waals surface area contributed by atoms with Gasteiger partial charge in [0.2, 0.25) is 0 Å². The molecule has 1 N–H and O–H groups in total. The average Bonchev–Trinajstić information content (AvgIpc) is 2.39. The highest BCUT2D eigenvalue weighted by Crippen LogP contribution is 2.15. The fourth-order valence-electron chi connectivity index (χ4n) is 3.50. The molecule has 0 bridgehead atoms. The molecule has 124 valence electrons. The molecule has 20 heavy (non-hydrogen) atoms. The number of nitrogens with zero attached hydrogens (tertiary/aromatic N) is 1. The molecule has 2 heteroatoms. The van der Waals surface area contributed by atoms with Crippen LogP contribution < -0.4 is 0 Å². The zero-order chi connectivity index (χ0) is 14.4. The van der Waals surface area contributed by atoms with Crippen LogP contribution in [0.25, 0.3) is 0 Å². The van der Waals surface area contributed by atoms with E-state index in [1.807, 2.05) is 0 Å². The van der Waals surface area contributed by atoms with Crippen LogP contribution in [-0.2, 0) is 0 Å². The molecule has 0 aromatic heterocycles. The van der Waals surface area contributed by atoms with Gasteiger partial charge in [0, 0.05) is 0 Å². The van der Waals surface area contributed by atoms with E-state index in [9.17, 15) is 0 Å². The number of rotatable bonds is 14. The van der Waals surface area contributed by atoms with Gasteiger partial charge in [-0.15, -0.1) is 0 Å². The molecule has 0 unspecified atom stereocenters. The van der Waals surface area contributed by atoms with E-state index in [4.69, 9.17) is 0 Å². The highest BCUT2D eigenvalue weighted by atomic mass is 16.0. The maximum Gasteiger partial charge on any atom is 0.0786 e. The van der Waals surface area contributed by atoms with Crippen molar-refractivity contribution in [3.8, 4) is 0 Å². The van der Waals surface area contributed by atoms with E-state index in [0.29, 0.717) is 0 Å². The van der Waals surface area contributed by atoms with Gasteiger partial charge in [0.25, 0.3) is 0 Å². The number of hydrogen-bond donors (Lipinski definition) is 0. The summed E-state index contributed by atoms with van der Waals surface area (Å²) in [7, 11) is 0. The lowest BCUT2D eigenvalue weighted by Gasteiger charge is -2.38. The van der Waals surface area contributed by atoms with Crippen molar-refractivity contribution in [2.45, 2.75) is 91.9 Å². The minimum Gasteiger partial charge on any atom is -0.870 e. The summed E-state index contributed by atoms with van der Waals surface area (Å²) < 4.78 is 1.40. The lowest BCUT2D eigenvalue weighted by molar-refractivity contribution is -0.928. The molecule has 0 radical (unpaired) electrons. The Bertz CT molecular complexity index is 165. The minimum atomic E-state index is 0. The molecule has 0 saturated heterocycles. The van der Waals surface area contributed by atoms with Gasteiger partial charge in [-0.2, -0.15) is 0 Å². The minimum absolute atomic E-state index is 0. The Morgan fingerprint density at radius 2 is 0.850 bits per heavy atom. The standard InChI is InChI=1S/C18H40N.H2O/c1-5-9-10-11-12-13-14-18-19(15-6-2,16-7-3)17-8-4;/h5-18H2,1-4H3;1H2/q+1;/p-1. The molecule has 0 atom stereocenters. The first-order valence-electron chi connectivity index (χ1n) is 9.09. The van der Waals surface area contributed by atoms with Crippen molar-refractivity contribution >= 4 is 0 Å². The first-order valence-corrected chi connectivity index (χ1v) is 9.09. The maximum atomic E-state index is 2.35. The van der Waals surface area contributed by atoms with Crippen molar-refractivity contribution in [1.82, 2.24) is 0 Å². The van der Waals surface area contributed by atoms with Crippen molar-refractivity contribution < 1.29 is 9.96 Å². The zero-order valence-electron chi connectivity index (χ0n) is 14.8. The molecule has 0 heterocycles. The average molecular weight is 288 g/mol. The summed E-state index contributed by atoms with van der Waals surface area (Å²) in [6.07, 6.45) is 14.1. The van der Waals surface area contributed by atoms with E-state index in [-0.39, 0.29) is 5.48 Å². The van der Waals surface area contributed by atoms with Crippen LogP contribution in [0.2, 0.25) is 0 Å². The van der Waals surface area contributed by atoms with Gasteiger partial charge in [-0.1, -0.05) is 59.8 Å². The summed E-state index contributed by atoms with van der Waals surface area (Å²) in [6, 6.07) is 0. The van der Waals surface area contributed by atoms with Crippen molar-refractivity contribution in [3.05, 3.63) is 0 Å². The topological polar surface area (TPSA) is 30.0 Å². The quantitative estimate of drug-likeness (QED) is 0.302. The van der Waals surface area contributed by atoms with Gasteiger partial charge in [-0.3, -0.25) is 0 Å². The molecule has 0 aliphatic rings. The van der Waals surface area contributed by atoms with E-state index < -0.39 is 0 Å². The highest BCUT2D eigenvalue weighted by Gasteiger charge is 2.23. The number of unbranched alkanes of at least 4 members (excludes halogenated alkanes) is 6. The van der Waals surface area contributed by atoms with Gasteiger partial charge >= 0.3 is 0 Å². The lowest BCUT2D eigenvalue weighted by atomic mass is 10.1. The monoisotopic (exact) mass is 287 g/mol. The van der Waals surface area contributed by atoms with Gasteiger partial charge in [0.05, 0.1) is 26.2 Å². The van der Waals surface area contributed by atoms with Crippen LogP contribution in [0, 0.1) is 0 Å². The van der Waals surface area contributed by atoms with Gasteiger partial charge in [0.1, 0.15) is 0 Å². The van der Waals surface area contributed by atoms with Crippen LogP contribution in [0.4, 0.5) is 0 Å². The van der Waals surface area contributed by atoms with E-state index in [0.717, 1.165) is 0 Å². The van der Waals surface area contributed by atoms with Crippen LogP contribution in [0.3, 0.4) is 0 Å². The molecule has 0 saturated carbocycles. The highest BCUT2D eigenvalue weighted by molar-refractivity contribution is 4.49. The molecule has 2 nitrogen and oxygen atoms in total. The fourth-order valence-corrected chi connectivity index (χ4v) is 3.50. The Balaban J connectivity index is 0. The molecule has 0 spiro atoms. The molecule has 0 amide bonds. The molecular formula is C18H41NO. The summed E-state index contributed by atoms with van der Waals surface area (Å²) in [5, 5.41) is 0. The Hall–Kier alpha value is -0.0800. The second-order valence-corrected chi connectivity index (χ2v) is 6.36. The van der Waals surface area contributed by atoms with Crippen LogP contribution >= 0.6 is 0 Å². The van der Waals surface area contributed by atoms with Crippen LogP contribution in [0.1, 0.15) is 91.9 Å². The second-order valence-electron chi connectivity index (χ2n) is 6.36. The zero-order valence-corrected chi connectivity index (χ0v) is 14.8. The summed E-state index contributed by atoms with van der Waals surface area (Å²) in [5.41, 5.74) is 0. The molecule has 0 aromatic carbocycles. The predicted octanol–water partition coefficient (Wildman–Crippen LogP) is 5.61. The van der Waals surface area contributed by atoms with Gasteiger partial charge < -0.3 is 9.96 Å². The lowest BCUT2D eigenvalue weighted by Crippen LogP contribution is -2.50. The number of hydrogen-bond acceptors (Lipinski definition) is 1. The van der Waals surface area contributed by atoms with Gasteiger partial charge in [0.15, 0.2) is 0 Å². The molecule has 0 rings (SSSR count). The molecule has 0 aliphatic heterocycles. The molecule has 0 aliphatic carbocycles. The third-order valence-electron chi connectivity index (χ3n) is 4.33. The Morgan fingerprint density at radius 3 is 1.25 bits per heavy atom. The summed E-state index contributed by atoms with van der Waals surface area (Å²) in [5.74, 6) is 0. The molecular weight excluding hydrogens is 246 g/mol. The van der Waals surface area contributed by atoms with Crippen molar-refractivity contribution in [1.29, 1.82) is 0 Å². The van der Waals surface area contributed by atoms with E-state index in [2.05, 4.69) is 27.7 Å².